The SMILES string of the molecule is CCC1CNCC1N1CC(C)OC(C)C1. The molecule has 0 amide bonds. The highest BCUT2D eigenvalue weighted by Crippen LogP contribution is 2.22. The van der Waals surface area contributed by atoms with Gasteiger partial charge in [0.25, 0.3) is 0 Å². The van der Waals surface area contributed by atoms with Crippen LogP contribution in [0.5, 0.6) is 0 Å². The van der Waals surface area contributed by atoms with E-state index in [1.54, 1.807) is 0 Å². The van der Waals surface area contributed by atoms with Crippen molar-refractivity contribution in [3.05, 3.63) is 0 Å². The molecule has 0 aromatic rings. The van der Waals surface area contributed by atoms with Crippen molar-refractivity contribution >= 4 is 0 Å². The second-order valence-corrected chi connectivity index (χ2v) is 5.11. The smallest absolute Gasteiger partial charge is 0.0678 e. The van der Waals surface area contributed by atoms with Gasteiger partial charge in [0.1, 0.15) is 0 Å². The lowest BCUT2D eigenvalue weighted by molar-refractivity contribution is -0.0827. The predicted octanol–water partition coefficient (Wildman–Crippen LogP) is 1.09. The molecule has 15 heavy (non-hydrogen) atoms. The summed E-state index contributed by atoms with van der Waals surface area (Å²) in [4.78, 5) is 2.63. The average Bonchev–Trinajstić information content (AvgIpc) is 2.63. The number of nitrogens with zero attached hydrogens (tertiary/aromatic N) is 1. The fourth-order valence-electron chi connectivity index (χ4n) is 3.05. The highest BCUT2D eigenvalue weighted by Gasteiger charge is 2.34. The monoisotopic (exact) mass is 212 g/mol. The summed E-state index contributed by atoms with van der Waals surface area (Å²) in [5.74, 6) is 0.836. The molecule has 3 heteroatoms. The summed E-state index contributed by atoms with van der Waals surface area (Å²) in [6.45, 7) is 11.2. The first kappa shape index (κ1) is 11.4. The highest BCUT2D eigenvalue weighted by atomic mass is 16.5. The summed E-state index contributed by atoms with van der Waals surface area (Å²) in [6.07, 6.45) is 2.08. The first-order valence-corrected chi connectivity index (χ1v) is 6.31. The maximum atomic E-state index is 5.78. The summed E-state index contributed by atoms with van der Waals surface area (Å²) in [7, 11) is 0. The van der Waals surface area contributed by atoms with Crippen LogP contribution in [0.15, 0.2) is 0 Å². The third kappa shape index (κ3) is 2.52. The molecule has 88 valence electrons. The van der Waals surface area contributed by atoms with Crippen LogP contribution in [0.3, 0.4) is 0 Å². The van der Waals surface area contributed by atoms with Gasteiger partial charge in [-0.3, -0.25) is 4.90 Å². The normalized spacial score (nSPS) is 43.4. The standard InChI is InChI=1S/C12H24N2O/c1-4-11-5-13-6-12(11)14-7-9(2)15-10(3)8-14/h9-13H,4-8H2,1-3H3. The topological polar surface area (TPSA) is 24.5 Å². The Bertz CT molecular complexity index is 200. The maximum Gasteiger partial charge on any atom is 0.0678 e. The van der Waals surface area contributed by atoms with Gasteiger partial charge in [-0.05, 0) is 26.3 Å². The van der Waals surface area contributed by atoms with Crippen LogP contribution in [0.2, 0.25) is 0 Å². The Hall–Kier alpha value is -0.120. The molecule has 2 heterocycles. The van der Waals surface area contributed by atoms with E-state index < -0.39 is 0 Å². The number of hydrogen-bond acceptors (Lipinski definition) is 3. The third-order valence-electron chi connectivity index (χ3n) is 3.75. The Kier molecular flexibility index (Phi) is 3.65. The quantitative estimate of drug-likeness (QED) is 0.741. The van der Waals surface area contributed by atoms with E-state index in [9.17, 15) is 0 Å². The number of nitrogens with one attached hydrogen (secondary N) is 1. The highest BCUT2D eigenvalue weighted by molar-refractivity contribution is 4.90. The van der Waals surface area contributed by atoms with Gasteiger partial charge in [0.05, 0.1) is 12.2 Å². The van der Waals surface area contributed by atoms with Crippen LogP contribution in [0, 0.1) is 5.92 Å². The zero-order valence-electron chi connectivity index (χ0n) is 10.2. The Morgan fingerprint density at radius 3 is 2.47 bits per heavy atom. The zero-order valence-corrected chi connectivity index (χ0v) is 10.2. The van der Waals surface area contributed by atoms with E-state index in [0.717, 1.165) is 31.6 Å². The molecular weight excluding hydrogens is 188 g/mol. The average molecular weight is 212 g/mol. The molecule has 2 rings (SSSR count). The van der Waals surface area contributed by atoms with Gasteiger partial charge in [-0.1, -0.05) is 13.3 Å². The Morgan fingerprint density at radius 2 is 1.87 bits per heavy atom. The molecule has 0 aromatic heterocycles. The zero-order chi connectivity index (χ0) is 10.8. The van der Waals surface area contributed by atoms with E-state index in [-0.39, 0.29) is 0 Å². The van der Waals surface area contributed by atoms with Crippen LogP contribution in [-0.4, -0.2) is 49.3 Å². The molecule has 2 fully saturated rings. The second-order valence-electron chi connectivity index (χ2n) is 5.11. The summed E-state index contributed by atoms with van der Waals surface area (Å²) >= 11 is 0. The van der Waals surface area contributed by atoms with E-state index in [4.69, 9.17) is 4.74 Å². The van der Waals surface area contributed by atoms with Crippen molar-refractivity contribution in [2.75, 3.05) is 26.2 Å². The van der Waals surface area contributed by atoms with Crippen molar-refractivity contribution < 1.29 is 4.74 Å². The molecule has 2 saturated heterocycles. The third-order valence-corrected chi connectivity index (χ3v) is 3.75. The molecule has 2 aliphatic rings. The fourth-order valence-corrected chi connectivity index (χ4v) is 3.05. The summed E-state index contributed by atoms with van der Waals surface area (Å²) in [5.41, 5.74) is 0. The van der Waals surface area contributed by atoms with E-state index in [1.165, 1.54) is 13.0 Å². The summed E-state index contributed by atoms with van der Waals surface area (Å²) in [6, 6.07) is 0.740. The van der Waals surface area contributed by atoms with Gasteiger partial charge in [-0.25, -0.2) is 0 Å². The van der Waals surface area contributed by atoms with Gasteiger partial charge >= 0.3 is 0 Å². The first-order valence-electron chi connectivity index (χ1n) is 6.31. The van der Waals surface area contributed by atoms with Gasteiger partial charge in [-0.2, -0.15) is 0 Å². The van der Waals surface area contributed by atoms with Crippen molar-refractivity contribution in [2.24, 2.45) is 5.92 Å². The summed E-state index contributed by atoms with van der Waals surface area (Å²) < 4.78 is 5.78. The van der Waals surface area contributed by atoms with E-state index in [0.29, 0.717) is 12.2 Å². The molecule has 0 aromatic carbocycles. The van der Waals surface area contributed by atoms with Crippen LogP contribution >= 0.6 is 0 Å². The molecule has 0 bridgehead atoms. The van der Waals surface area contributed by atoms with Gasteiger partial charge in [0, 0.05) is 25.7 Å². The lowest BCUT2D eigenvalue weighted by Gasteiger charge is -2.40. The van der Waals surface area contributed by atoms with Gasteiger partial charge < -0.3 is 10.1 Å². The maximum absolute atomic E-state index is 5.78. The van der Waals surface area contributed by atoms with Crippen LogP contribution in [0.4, 0.5) is 0 Å². The molecule has 3 nitrogen and oxygen atoms in total. The molecule has 0 spiro atoms. The molecule has 2 aliphatic heterocycles. The number of rotatable bonds is 2. The molecule has 4 atom stereocenters. The van der Waals surface area contributed by atoms with E-state index in [1.807, 2.05) is 0 Å². The molecule has 1 N–H and O–H groups in total. The summed E-state index contributed by atoms with van der Waals surface area (Å²) in [5, 5.41) is 3.52. The molecular formula is C12H24N2O. The van der Waals surface area contributed by atoms with Crippen LogP contribution in [0.25, 0.3) is 0 Å². The largest absolute Gasteiger partial charge is 0.373 e. The molecule has 0 saturated carbocycles. The van der Waals surface area contributed by atoms with Crippen molar-refractivity contribution in [3.8, 4) is 0 Å². The molecule has 0 radical (unpaired) electrons. The lowest BCUT2D eigenvalue weighted by Crippen LogP contribution is -2.52. The van der Waals surface area contributed by atoms with Crippen molar-refractivity contribution in [1.82, 2.24) is 10.2 Å². The fraction of sp³-hybridized carbons (Fsp3) is 1.00. The number of hydrogen-bond donors (Lipinski definition) is 1. The van der Waals surface area contributed by atoms with Crippen LogP contribution in [-0.2, 0) is 4.74 Å². The van der Waals surface area contributed by atoms with E-state index >= 15 is 0 Å². The van der Waals surface area contributed by atoms with Crippen LogP contribution < -0.4 is 5.32 Å². The molecule has 4 unspecified atom stereocenters. The minimum absolute atomic E-state index is 0.395. The minimum Gasteiger partial charge on any atom is -0.373 e. The predicted molar refractivity (Wildman–Crippen MR) is 62.0 cm³/mol. The van der Waals surface area contributed by atoms with Gasteiger partial charge in [-0.15, -0.1) is 0 Å². The lowest BCUT2D eigenvalue weighted by atomic mass is 9.98. The first-order chi connectivity index (χ1) is 7.20. The molecule has 0 aliphatic carbocycles. The van der Waals surface area contributed by atoms with Gasteiger partial charge in [0.2, 0.25) is 0 Å². The van der Waals surface area contributed by atoms with Crippen molar-refractivity contribution in [1.29, 1.82) is 0 Å². The van der Waals surface area contributed by atoms with Crippen LogP contribution in [0.1, 0.15) is 27.2 Å². The Labute approximate surface area is 93.2 Å². The minimum atomic E-state index is 0.395. The van der Waals surface area contributed by atoms with Crippen molar-refractivity contribution in [2.45, 2.75) is 45.4 Å². The number of ether oxygens (including phenoxy) is 1. The second kappa shape index (κ2) is 4.81. The van der Waals surface area contributed by atoms with E-state index in [2.05, 4.69) is 31.0 Å². The van der Waals surface area contributed by atoms with Gasteiger partial charge in [0.15, 0.2) is 0 Å². The number of morpholine rings is 1. The van der Waals surface area contributed by atoms with Crippen molar-refractivity contribution in [3.63, 3.8) is 0 Å². The Balaban J connectivity index is 1.96. The Morgan fingerprint density at radius 1 is 1.20 bits per heavy atom.